The van der Waals surface area contributed by atoms with Crippen LogP contribution in [0.15, 0.2) is 54.6 Å². The first kappa shape index (κ1) is 19.5. The predicted octanol–water partition coefficient (Wildman–Crippen LogP) is 2.50. The lowest BCUT2D eigenvalue weighted by atomic mass is 10.2. The van der Waals surface area contributed by atoms with Crippen LogP contribution in [0.1, 0.15) is 15.9 Å². The van der Waals surface area contributed by atoms with Crippen LogP contribution < -0.4 is 10.6 Å². The predicted molar refractivity (Wildman–Crippen MR) is 98.9 cm³/mol. The van der Waals surface area contributed by atoms with Crippen molar-refractivity contribution in [1.29, 1.82) is 5.26 Å². The van der Waals surface area contributed by atoms with Crippen molar-refractivity contribution in [2.24, 2.45) is 0 Å². The quantitative estimate of drug-likeness (QED) is 0.699. The molecule has 2 aromatic carbocycles. The Morgan fingerprint density at radius 1 is 1.12 bits per heavy atom. The van der Waals surface area contributed by atoms with Gasteiger partial charge in [-0.2, -0.15) is 17.0 Å². The van der Waals surface area contributed by atoms with Crippen LogP contribution in [-0.2, 0) is 10.5 Å². The van der Waals surface area contributed by atoms with E-state index in [1.165, 1.54) is 36.0 Å². The number of rotatable bonds is 8. The van der Waals surface area contributed by atoms with Crippen molar-refractivity contribution in [1.82, 2.24) is 10.6 Å². The largest absolute Gasteiger partial charge is 0.341 e. The lowest BCUT2D eigenvalue weighted by Gasteiger charge is -2.17. The summed E-state index contributed by atoms with van der Waals surface area (Å²) < 4.78 is 13.0. The van der Waals surface area contributed by atoms with Crippen molar-refractivity contribution in [3.05, 3.63) is 71.5 Å². The second-order valence-electron chi connectivity index (χ2n) is 5.41. The summed E-state index contributed by atoms with van der Waals surface area (Å²) in [6.45, 7) is -0.134. The van der Waals surface area contributed by atoms with Crippen molar-refractivity contribution >= 4 is 23.6 Å². The van der Waals surface area contributed by atoms with Gasteiger partial charge in [-0.1, -0.05) is 30.3 Å². The number of carbonyl (C=O) groups excluding carboxylic acids is 2. The van der Waals surface area contributed by atoms with Gasteiger partial charge in [-0.15, -0.1) is 0 Å². The summed E-state index contributed by atoms with van der Waals surface area (Å²) in [6.07, 6.45) is 0. The summed E-state index contributed by atoms with van der Waals surface area (Å²) in [5.41, 5.74) is 1.37. The van der Waals surface area contributed by atoms with Crippen molar-refractivity contribution in [2.75, 3.05) is 12.3 Å². The minimum absolute atomic E-state index is 0.134. The van der Waals surface area contributed by atoms with Crippen molar-refractivity contribution in [2.45, 2.75) is 11.8 Å². The molecule has 0 unspecified atom stereocenters. The van der Waals surface area contributed by atoms with E-state index in [2.05, 4.69) is 10.6 Å². The molecule has 134 valence electrons. The van der Waals surface area contributed by atoms with Crippen LogP contribution in [0.3, 0.4) is 0 Å². The van der Waals surface area contributed by atoms with E-state index in [1.807, 2.05) is 36.4 Å². The number of nitrogens with one attached hydrogen (secondary N) is 2. The molecule has 0 saturated carbocycles. The molecule has 1 atom stereocenters. The molecule has 0 bridgehead atoms. The lowest BCUT2D eigenvalue weighted by Crippen LogP contribution is -2.48. The molecule has 0 aliphatic heterocycles. The topological polar surface area (TPSA) is 82.0 Å². The third kappa shape index (κ3) is 6.22. The van der Waals surface area contributed by atoms with Crippen molar-refractivity contribution < 1.29 is 14.0 Å². The fourth-order valence-electron chi connectivity index (χ4n) is 2.14. The number of nitriles is 1. The van der Waals surface area contributed by atoms with Crippen molar-refractivity contribution in [3.63, 3.8) is 0 Å². The molecule has 7 heteroatoms. The van der Waals surface area contributed by atoms with E-state index in [4.69, 9.17) is 5.26 Å². The number of benzene rings is 2. The summed E-state index contributed by atoms with van der Waals surface area (Å²) in [7, 11) is 0. The average molecular weight is 371 g/mol. The van der Waals surface area contributed by atoms with Gasteiger partial charge in [0, 0.05) is 17.1 Å². The highest BCUT2D eigenvalue weighted by molar-refractivity contribution is 7.98. The van der Waals surface area contributed by atoms with Crippen LogP contribution in [0.4, 0.5) is 4.39 Å². The van der Waals surface area contributed by atoms with Gasteiger partial charge in [-0.3, -0.25) is 9.59 Å². The van der Waals surface area contributed by atoms with Crippen LogP contribution in [0.25, 0.3) is 0 Å². The summed E-state index contributed by atoms with van der Waals surface area (Å²) in [6, 6.07) is 15.9. The number of carbonyl (C=O) groups is 2. The standard InChI is InChI=1S/C19H18FN3O2S/c20-16-8-6-15(7-9-16)18(24)23-17(19(25)22-11-10-21)13-26-12-14-4-2-1-3-5-14/h1-9,17H,11-13H2,(H,22,25)(H,23,24)/t17-/m0/s1. The van der Waals surface area contributed by atoms with Gasteiger partial charge in [0.1, 0.15) is 18.4 Å². The fourth-order valence-corrected chi connectivity index (χ4v) is 3.16. The molecule has 2 aromatic rings. The SMILES string of the molecule is N#CCNC(=O)[C@H](CSCc1ccccc1)NC(=O)c1ccc(F)cc1. The van der Waals surface area contributed by atoms with Crippen LogP contribution in [-0.4, -0.2) is 30.2 Å². The summed E-state index contributed by atoms with van der Waals surface area (Å²) in [5, 5.41) is 13.7. The van der Waals surface area contributed by atoms with Crippen LogP contribution >= 0.6 is 11.8 Å². The summed E-state index contributed by atoms with van der Waals surface area (Å²) >= 11 is 1.50. The van der Waals surface area contributed by atoms with Crippen LogP contribution in [0, 0.1) is 17.1 Å². The van der Waals surface area contributed by atoms with E-state index in [9.17, 15) is 14.0 Å². The fraction of sp³-hybridized carbons (Fsp3) is 0.211. The third-order valence-electron chi connectivity index (χ3n) is 3.47. The molecule has 2 amide bonds. The number of amides is 2. The van der Waals surface area contributed by atoms with E-state index in [-0.39, 0.29) is 12.1 Å². The molecule has 0 aliphatic rings. The molecule has 2 N–H and O–H groups in total. The Kier molecular flexibility index (Phi) is 7.65. The Hall–Kier alpha value is -2.85. The Morgan fingerprint density at radius 3 is 2.46 bits per heavy atom. The first-order valence-electron chi connectivity index (χ1n) is 7.93. The number of thioether (sulfide) groups is 1. The summed E-state index contributed by atoms with van der Waals surface area (Å²) in [5.74, 6) is -0.303. The maximum absolute atomic E-state index is 13.0. The number of halogens is 1. The highest BCUT2D eigenvalue weighted by Gasteiger charge is 2.21. The van der Waals surface area contributed by atoms with Crippen molar-refractivity contribution in [3.8, 4) is 6.07 Å². The van der Waals surface area contributed by atoms with Gasteiger partial charge in [0.2, 0.25) is 5.91 Å². The second-order valence-corrected chi connectivity index (χ2v) is 6.44. The zero-order valence-electron chi connectivity index (χ0n) is 13.9. The summed E-state index contributed by atoms with van der Waals surface area (Å²) in [4.78, 5) is 24.5. The molecule has 0 aromatic heterocycles. The minimum atomic E-state index is -0.797. The molecule has 2 rings (SSSR count). The number of hydrogen-bond donors (Lipinski definition) is 2. The highest BCUT2D eigenvalue weighted by atomic mass is 32.2. The second kappa shape index (κ2) is 10.2. The Morgan fingerprint density at radius 2 is 1.81 bits per heavy atom. The van der Waals surface area contributed by atoms with Gasteiger partial charge in [0.15, 0.2) is 0 Å². The maximum Gasteiger partial charge on any atom is 0.251 e. The van der Waals surface area contributed by atoms with E-state index >= 15 is 0 Å². The number of hydrogen-bond acceptors (Lipinski definition) is 4. The molecule has 0 fully saturated rings. The molecule has 0 spiro atoms. The van der Waals surface area contributed by atoms with E-state index in [0.717, 1.165) is 5.56 Å². The van der Waals surface area contributed by atoms with Gasteiger partial charge in [-0.05, 0) is 29.8 Å². The molecular formula is C19H18FN3O2S. The monoisotopic (exact) mass is 371 g/mol. The zero-order valence-corrected chi connectivity index (χ0v) is 14.8. The van der Waals surface area contributed by atoms with E-state index in [1.54, 1.807) is 0 Å². The Bertz CT molecular complexity index is 776. The molecule has 0 aliphatic carbocycles. The van der Waals surface area contributed by atoms with Gasteiger partial charge >= 0.3 is 0 Å². The molecule has 0 saturated heterocycles. The van der Waals surface area contributed by atoms with Crippen LogP contribution in [0.2, 0.25) is 0 Å². The lowest BCUT2D eigenvalue weighted by molar-refractivity contribution is -0.122. The Labute approximate surface area is 155 Å². The third-order valence-corrected chi connectivity index (χ3v) is 4.57. The van der Waals surface area contributed by atoms with E-state index in [0.29, 0.717) is 11.5 Å². The van der Waals surface area contributed by atoms with Gasteiger partial charge in [0.05, 0.1) is 6.07 Å². The minimum Gasteiger partial charge on any atom is -0.341 e. The van der Waals surface area contributed by atoms with Crippen LogP contribution in [0.5, 0.6) is 0 Å². The molecular weight excluding hydrogens is 353 g/mol. The highest BCUT2D eigenvalue weighted by Crippen LogP contribution is 2.13. The smallest absolute Gasteiger partial charge is 0.251 e. The first-order chi connectivity index (χ1) is 12.6. The average Bonchev–Trinajstić information content (AvgIpc) is 2.66. The van der Waals surface area contributed by atoms with Gasteiger partial charge < -0.3 is 10.6 Å². The molecule has 5 nitrogen and oxygen atoms in total. The molecule has 0 heterocycles. The maximum atomic E-state index is 13.0. The van der Waals surface area contributed by atoms with E-state index < -0.39 is 23.7 Å². The zero-order chi connectivity index (χ0) is 18.8. The molecule has 26 heavy (non-hydrogen) atoms. The Balaban J connectivity index is 1.98. The first-order valence-corrected chi connectivity index (χ1v) is 9.08. The normalized spacial score (nSPS) is 11.2. The number of nitrogens with zero attached hydrogens (tertiary/aromatic N) is 1. The molecule has 0 radical (unpaired) electrons. The van der Waals surface area contributed by atoms with Gasteiger partial charge in [0.25, 0.3) is 5.91 Å². The van der Waals surface area contributed by atoms with Gasteiger partial charge in [-0.25, -0.2) is 4.39 Å².